The molecule has 0 radical (unpaired) electrons. The van der Waals surface area contributed by atoms with Gasteiger partial charge in [0.2, 0.25) is 0 Å². The van der Waals surface area contributed by atoms with Crippen LogP contribution in [0.25, 0.3) is 0 Å². The molecule has 0 fully saturated rings. The van der Waals surface area contributed by atoms with Gasteiger partial charge in [0.1, 0.15) is 0 Å². The third kappa shape index (κ3) is 2.63. The molecular formula is C18H15NO2Se. The summed E-state index contributed by atoms with van der Waals surface area (Å²) in [6.07, 6.45) is 1.48. The van der Waals surface area contributed by atoms with E-state index in [9.17, 15) is 9.59 Å². The van der Waals surface area contributed by atoms with Gasteiger partial charge in [0.05, 0.1) is 0 Å². The number of rotatable bonds is 3. The Morgan fingerprint density at radius 3 is 2.36 bits per heavy atom. The number of imide groups is 1. The van der Waals surface area contributed by atoms with Crippen molar-refractivity contribution in [3.05, 3.63) is 70.2 Å². The molecule has 1 aliphatic rings. The van der Waals surface area contributed by atoms with Crippen molar-refractivity contribution in [2.75, 3.05) is 4.90 Å². The third-order valence-corrected chi connectivity index (χ3v) is 5.82. The molecule has 0 saturated carbocycles. The molecule has 2 aromatic rings. The normalized spacial score (nSPS) is 14.5. The Labute approximate surface area is 135 Å². The first-order chi connectivity index (χ1) is 10.6. The molecule has 0 unspecified atom stereocenters. The summed E-state index contributed by atoms with van der Waals surface area (Å²) in [7, 11) is 0. The molecule has 3 rings (SSSR count). The predicted molar refractivity (Wildman–Crippen MR) is 88.3 cm³/mol. The van der Waals surface area contributed by atoms with E-state index in [0.29, 0.717) is 10.2 Å². The first-order valence-electron chi connectivity index (χ1n) is 6.97. The van der Waals surface area contributed by atoms with Crippen LogP contribution in [-0.4, -0.2) is 26.8 Å². The minimum atomic E-state index is -0.244. The summed E-state index contributed by atoms with van der Waals surface area (Å²) in [4.78, 5) is 26.2. The van der Waals surface area contributed by atoms with Crippen molar-refractivity contribution in [3.63, 3.8) is 0 Å². The van der Waals surface area contributed by atoms with Gasteiger partial charge in [-0.3, -0.25) is 0 Å². The molecule has 0 bridgehead atoms. The van der Waals surface area contributed by atoms with E-state index in [1.54, 1.807) is 0 Å². The van der Waals surface area contributed by atoms with Gasteiger partial charge in [-0.15, -0.1) is 0 Å². The molecule has 3 nitrogen and oxygen atoms in total. The Hall–Kier alpha value is -2.16. The molecular weight excluding hydrogens is 341 g/mol. The number of benzene rings is 2. The number of carbonyl (C=O) groups excluding carboxylic acids is 2. The monoisotopic (exact) mass is 357 g/mol. The van der Waals surface area contributed by atoms with E-state index in [1.807, 2.05) is 62.4 Å². The topological polar surface area (TPSA) is 37.4 Å². The summed E-state index contributed by atoms with van der Waals surface area (Å²) >= 11 is -0.152. The summed E-state index contributed by atoms with van der Waals surface area (Å²) in [5.74, 6) is -0.436. The molecule has 110 valence electrons. The Kier molecular flexibility index (Phi) is 3.97. The van der Waals surface area contributed by atoms with E-state index in [4.69, 9.17) is 0 Å². The number of aryl methyl sites for hydroxylation is 1. The molecule has 0 atom stereocenters. The molecule has 1 aliphatic heterocycles. The zero-order chi connectivity index (χ0) is 15.7. The molecule has 1 heterocycles. The van der Waals surface area contributed by atoms with Gasteiger partial charge in [-0.25, -0.2) is 0 Å². The molecule has 2 amide bonds. The van der Waals surface area contributed by atoms with Crippen LogP contribution >= 0.6 is 0 Å². The van der Waals surface area contributed by atoms with Crippen LogP contribution in [-0.2, 0) is 9.59 Å². The Morgan fingerprint density at radius 1 is 0.909 bits per heavy atom. The summed E-state index contributed by atoms with van der Waals surface area (Å²) in [5, 5.41) is 0. The van der Waals surface area contributed by atoms with Gasteiger partial charge in [-0.1, -0.05) is 0 Å². The maximum absolute atomic E-state index is 12.6. The zero-order valence-corrected chi connectivity index (χ0v) is 14.1. The van der Waals surface area contributed by atoms with Crippen molar-refractivity contribution in [2.24, 2.45) is 0 Å². The second kappa shape index (κ2) is 5.91. The Morgan fingerprint density at radius 2 is 1.64 bits per heavy atom. The summed E-state index contributed by atoms with van der Waals surface area (Å²) in [6.45, 7) is 3.91. The standard InChI is InChI=1S/C18H15NO2Se/c1-12-7-6-10-15(13(12)2)19-17(20)11-16(18(19)21)22-14-8-4-3-5-9-14/h3-11H,1-2H3. The number of anilines is 1. The van der Waals surface area contributed by atoms with Gasteiger partial charge >= 0.3 is 135 Å². The molecule has 4 heteroatoms. The van der Waals surface area contributed by atoms with E-state index in [1.165, 1.54) is 11.0 Å². The van der Waals surface area contributed by atoms with Crippen LogP contribution in [0.1, 0.15) is 11.1 Å². The van der Waals surface area contributed by atoms with Crippen LogP contribution in [0.5, 0.6) is 0 Å². The van der Waals surface area contributed by atoms with Crippen LogP contribution in [0, 0.1) is 13.8 Å². The van der Waals surface area contributed by atoms with E-state index < -0.39 is 0 Å². The van der Waals surface area contributed by atoms with Crippen molar-refractivity contribution in [3.8, 4) is 0 Å². The van der Waals surface area contributed by atoms with E-state index >= 15 is 0 Å². The first kappa shape index (κ1) is 14.8. The SMILES string of the molecule is Cc1cccc(N2C(=O)C=C([Se]c3ccccc3)C2=O)c1C. The van der Waals surface area contributed by atoms with Gasteiger partial charge in [-0.2, -0.15) is 0 Å². The van der Waals surface area contributed by atoms with Gasteiger partial charge in [0.25, 0.3) is 0 Å². The number of hydrogen-bond donors (Lipinski definition) is 0. The third-order valence-electron chi connectivity index (χ3n) is 3.68. The quantitative estimate of drug-likeness (QED) is 0.624. The van der Waals surface area contributed by atoms with Gasteiger partial charge in [0.15, 0.2) is 0 Å². The van der Waals surface area contributed by atoms with Crippen LogP contribution in [0.15, 0.2) is 59.1 Å². The number of nitrogens with zero attached hydrogens (tertiary/aromatic N) is 1. The van der Waals surface area contributed by atoms with Crippen molar-refractivity contribution in [1.29, 1.82) is 0 Å². The fourth-order valence-electron chi connectivity index (χ4n) is 2.34. The van der Waals surface area contributed by atoms with Crippen LogP contribution in [0.3, 0.4) is 0 Å². The van der Waals surface area contributed by atoms with Crippen LogP contribution in [0.2, 0.25) is 0 Å². The average Bonchev–Trinajstić information content (AvgIpc) is 2.78. The number of carbonyl (C=O) groups is 2. The molecule has 0 saturated heterocycles. The Balaban J connectivity index is 1.90. The van der Waals surface area contributed by atoms with E-state index in [-0.39, 0.29) is 26.8 Å². The van der Waals surface area contributed by atoms with Crippen LogP contribution in [0.4, 0.5) is 5.69 Å². The first-order valence-corrected chi connectivity index (χ1v) is 8.68. The van der Waals surface area contributed by atoms with E-state index in [0.717, 1.165) is 15.6 Å². The summed E-state index contributed by atoms with van der Waals surface area (Å²) in [6, 6.07) is 15.5. The number of amides is 2. The van der Waals surface area contributed by atoms with Crippen molar-refractivity contribution < 1.29 is 9.59 Å². The molecule has 22 heavy (non-hydrogen) atoms. The van der Waals surface area contributed by atoms with Crippen LogP contribution < -0.4 is 9.36 Å². The fourth-order valence-corrected chi connectivity index (χ4v) is 4.20. The van der Waals surface area contributed by atoms with Crippen molar-refractivity contribution in [2.45, 2.75) is 13.8 Å². The zero-order valence-electron chi connectivity index (χ0n) is 12.4. The van der Waals surface area contributed by atoms with Gasteiger partial charge in [-0.05, 0) is 0 Å². The van der Waals surface area contributed by atoms with Gasteiger partial charge in [0, 0.05) is 0 Å². The summed E-state index contributed by atoms with van der Waals surface area (Å²) < 4.78 is 1.69. The van der Waals surface area contributed by atoms with E-state index in [2.05, 4.69) is 0 Å². The Bertz CT molecular complexity index is 781. The second-order valence-corrected chi connectivity index (χ2v) is 7.46. The molecule has 0 spiro atoms. The molecule has 0 aromatic heterocycles. The predicted octanol–water partition coefficient (Wildman–Crippen LogP) is 2.09. The minimum absolute atomic E-state index is 0.152. The molecule has 0 N–H and O–H groups in total. The maximum atomic E-state index is 12.6. The van der Waals surface area contributed by atoms with Gasteiger partial charge < -0.3 is 0 Å². The molecule has 2 aromatic carbocycles. The number of hydrogen-bond acceptors (Lipinski definition) is 2. The fraction of sp³-hybridized carbons (Fsp3) is 0.111. The van der Waals surface area contributed by atoms with Crippen molar-refractivity contribution >= 4 is 36.9 Å². The van der Waals surface area contributed by atoms with Crippen molar-refractivity contribution in [1.82, 2.24) is 0 Å². The summed E-state index contributed by atoms with van der Waals surface area (Å²) in [5.41, 5.74) is 2.72. The second-order valence-electron chi connectivity index (χ2n) is 5.12. The molecule has 0 aliphatic carbocycles. The average molecular weight is 356 g/mol.